The first-order chi connectivity index (χ1) is 8.34. The van der Waals surface area contributed by atoms with E-state index in [-0.39, 0.29) is 0 Å². The van der Waals surface area contributed by atoms with E-state index in [0.29, 0.717) is 6.04 Å². The predicted octanol–water partition coefficient (Wildman–Crippen LogP) is 1.11. The maximum Gasteiger partial charge on any atom is 0.0619 e. The summed E-state index contributed by atoms with van der Waals surface area (Å²) >= 11 is 0. The van der Waals surface area contributed by atoms with E-state index < -0.39 is 0 Å². The summed E-state index contributed by atoms with van der Waals surface area (Å²) in [7, 11) is 0. The molecule has 1 aliphatic rings. The van der Waals surface area contributed by atoms with Crippen molar-refractivity contribution in [1.82, 2.24) is 10.2 Å². The molecule has 0 aromatic rings. The molecule has 0 aromatic heterocycles. The minimum atomic E-state index is 0.573. The highest BCUT2D eigenvalue weighted by Crippen LogP contribution is 2.04. The molecule has 1 unspecified atom stereocenters. The molecule has 1 atom stereocenters. The van der Waals surface area contributed by atoms with Gasteiger partial charge in [0.15, 0.2) is 0 Å². The summed E-state index contributed by atoms with van der Waals surface area (Å²) < 4.78 is 10.7. The molecular formula is C13H28N2O2. The third-order valence-electron chi connectivity index (χ3n) is 3.18. The van der Waals surface area contributed by atoms with Crippen molar-refractivity contribution in [2.24, 2.45) is 0 Å². The van der Waals surface area contributed by atoms with Gasteiger partial charge in [-0.05, 0) is 33.2 Å². The van der Waals surface area contributed by atoms with Crippen molar-refractivity contribution in [2.45, 2.75) is 32.7 Å². The largest absolute Gasteiger partial charge is 0.382 e. The van der Waals surface area contributed by atoms with Crippen molar-refractivity contribution in [2.75, 3.05) is 52.6 Å². The van der Waals surface area contributed by atoms with E-state index in [1.54, 1.807) is 0 Å². The molecule has 0 amide bonds. The number of unbranched alkanes of at least 4 members (excludes halogenated alkanes) is 1. The number of hydrogen-bond acceptors (Lipinski definition) is 4. The van der Waals surface area contributed by atoms with Crippen molar-refractivity contribution >= 4 is 0 Å². The van der Waals surface area contributed by atoms with Crippen LogP contribution in [-0.4, -0.2) is 63.5 Å². The predicted molar refractivity (Wildman–Crippen MR) is 70.5 cm³/mol. The van der Waals surface area contributed by atoms with Crippen LogP contribution in [0.4, 0.5) is 0 Å². The fourth-order valence-electron chi connectivity index (χ4n) is 2.04. The first-order valence-electron chi connectivity index (χ1n) is 6.95. The highest BCUT2D eigenvalue weighted by atomic mass is 16.5. The van der Waals surface area contributed by atoms with Gasteiger partial charge in [0.1, 0.15) is 0 Å². The van der Waals surface area contributed by atoms with Crippen LogP contribution < -0.4 is 5.32 Å². The van der Waals surface area contributed by atoms with Gasteiger partial charge in [-0.25, -0.2) is 0 Å². The van der Waals surface area contributed by atoms with Gasteiger partial charge in [0.2, 0.25) is 0 Å². The lowest BCUT2D eigenvalue weighted by Gasteiger charge is -2.33. The Kier molecular flexibility index (Phi) is 8.61. The maximum atomic E-state index is 5.42. The van der Waals surface area contributed by atoms with Crippen molar-refractivity contribution in [1.29, 1.82) is 0 Å². The van der Waals surface area contributed by atoms with Crippen molar-refractivity contribution in [3.63, 3.8) is 0 Å². The Bertz CT molecular complexity index is 179. The van der Waals surface area contributed by atoms with Gasteiger partial charge in [0, 0.05) is 38.9 Å². The quantitative estimate of drug-likeness (QED) is 0.616. The molecular weight excluding hydrogens is 216 g/mol. The van der Waals surface area contributed by atoms with E-state index in [1.807, 2.05) is 6.92 Å². The van der Waals surface area contributed by atoms with Gasteiger partial charge in [-0.1, -0.05) is 0 Å². The molecule has 1 N–H and O–H groups in total. The fraction of sp³-hybridized carbons (Fsp3) is 1.00. The van der Waals surface area contributed by atoms with Gasteiger partial charge in [-0.2, -0.15) is 0 Å². The average Bonchev–Trinajstić information content (AvgIpc) is 2.35. The van der Waals surface area contributed by atoms with Crippen LogP contribution in [-0.2, 0) is 9.47 Å². The van der Waals surface area contributed by atoms with Crippen molar-refractivity contribution < 1.29 is 9.47 Å². The standard InChI is InChI=1S/C13H28N2O2/c1-3-16-10-5-4-6-14-7-8-15-9-11-17-12-13(15)2/h13-14H,3-12H2,1-2H3. The van der Waals surface area contributed by atoms with Crippen LogP contribution in [0.5, 0.6) is 0 Å². The smallest absolute Gasteiger partial charge is 0.0619 e. The van der Waals surface area contributed by atoms with Gasteiger partial charge in [-0.3, -0.25) is 4.90 Å². The fourth-order valence-corrected chi connectivity index (χ4v) is 2.04. The number of hydrogen-bond donors (Lipinski definition) is 1. The molecule has 1 saturated heterocycles. The van der Waals surface area contributed by atoms with Crippen molar-refractivity contribution in [3.05, 3.63) is 0 Å². The van der Waals surface area contributed by atoms with E-state index in [1.165, 1.54) is 6.42 Å². The number of nitrogens with zero attached hydrogens (tertiary/aromatic N) is 1. The van der Waals surface area contributed by atoms with E-state index in [2.05, 4.69) is 17.1 Å². The summed E-state index contributed by atoms with van der Waals surface area (Å²) in [6, 6.07) is 0.573. The molecule has 4 nitrogen and oxygen atoms in total. The Hall–Kier alpha value is -0.160. The first kappa shape index (κ1) is 14.9. The Balaban J connectivity index is 1.86. The van der Waals surface area contributed by atoms with Crippen LogP contribution in [0.3, 0.4) is 0 Å². The highest BCUT2D eigenvalue weighted by Gasteiger charge is 2.17. The summed E-state index contributed by atoms with van der Waals surface area (Å²) in [5.41, 5.74) is 0. The molecule has 0 spiro atoms. The zero-order chi connectivity index (χ0) is 12.3. The second-order valence-corrected chi connectivity index (χ2v) is 4.61. The van der Waals surface area contributed by atoms with Crippen LogP contribution in [0.1, 0.15) is 26.7 Å². The molecule has 0 aliphatic carbocycles. The van der Waals surface area contributed by atoms with Crippen LogP contribution in [0.25, 0.3) is 0 Å². The molecule has 0 radical (unpaired) electrons. The molecule has 1 fully saturated rings. The summed E-state index contributed by atoms with van der Waals surface area (Å²) in [6.45, 7) is 12.2. The Morgan fingerprint density at radius 1 is 1.35 bits per heavy atom. The summed E-state index contributed by atoms with van der Waals surface area (Å²) in [6.07, 6.45) is 2.37. The van der Waals surface area contributed by atoms with Crippen LogP contribution >= 0.6 is 0 Å². The Labute approximate surface area is 106 Å². The van der Waals surface area contributed by atoms with E-state index >= 15 is 0 Å². The van der Waals surface area contributed by atoms with Gasteiger partial charge in [-0.15, -0.1) is 0 Å². The van der Waals surface area contributed by atoms with Crippen LogP contribution in [0.2, 0.25) is 0 Å². The summed E-state index contributed by atoms with van der Waals surface area (Å²) in [5.74, 6) is 0. The number of nitrogens with one attached hydrogen (secondary N) is 1. The summed E-state index contributed by atoms with van der Waals surface area (Å²) in [5, 5.41) is 3.49. The molecule has 1 heterocycles. The first-order valence-corrected chi connectivity index (χ1v) is 6.95. The van der Waals surface area contributed by atoms with Gasteiger partial charge >= 0.3 is 0 Å². The molecule has 17 heavy (non-hydrogen) atoms. The lowest BCUT2D eigenvalue weighted by molar-refractivity contribution is 0.000439. The number of rotatable bonds is 9. The topological polar surface area (TPSA) is 33.7 Å². The second kappa shape index (κ2) is 9.83. The maximum absolute atomic E-state index is 5.42. The minimum absolute atomic E-state index is 0.573. The third-order valence-corrected chi connectivity index (χ3v) is 3.18. The number of morpholine rings is 1. The van der Waals surface area contributed by atoms with Gasteiger partial charge < -0.3 is 14.8 Å². The molecule has 1 rings (SSSR count). The average molecular weight is 244 g/mol. The zero-order valence-corrected chi connectivity index (χ0v) is 11.4. The van der Waals surface area contributed by atoms with Crippen molar-refractivity contribution in [3.8, 4) is 0 Å². The van der Waals surface area contributed by atoms with E-state index in [0.717, 1.165) is 59.0 Å². The van der Waals surface area contributed by atoms with Gasteiger partial charge in [0.25, 0.3) is 0 Å². The van der Waals surface area contributed by atoms with E-state index in [9.17, 15) is 0 Å². The molecule has 0 saturated carbocycles. The second-order valence-electron chi connectivity index (χ2n) is 4.61. The SMILES string of the molecule is CCOCCCCNCCN1CCOCC1C. The molecule has 0 bridgehead atoms. The normalized spacial score (nSPS) is 21.9. The third kappa shape index (κ3) is 6.99. The van der Waals surface area contributed by atoms with Gasteiger partial charge in [0.05, 0.1) is 13.2 Å². The zero-order valence-electron chi connectivity index (χ0n) is 11.4. The lowest BCUT2D eigenvalue weighted by atomic mass is 10.2. The molecule has 102 valence electrons. The van der Waals surface area contributed by atoms with Crippen LogP contribution in [0, 0.1) is 0 Å². The lowest BCUT2D eigenvalue weighted by Crippen LogP contribution is -2.46. The summed E-state index contributed by atoms with van der Waals surface area (Å²) in [4.78, 5) is 2.50. The minimum Gasteiger partial charge on any atom is -0.382 e. The Morgan fingerprint density at radius 3 is 3.00 bits per heavy atom. The monoisotopic (exact) mass is 244 g/mol. The van der Waals surface area contributed by atoms with Crippen LogP contribution in [0.15, 0.2) is 0 Å². The van der Waals surface area contributed by atoms with E-state index in [4.69, 9.17) is 9.47 Å². The highest BCUT2D eigenvalue weighted by molar-refractivity contribution is 4.71. The molecule has 1 aliphatic heterocycles. The molecule has 0 aromatic carbocycles. The molecule has 4 heteroatoms. The Morgan fingerprint density at radius 2 is 2.24 bits per heavy atom. The number of ether oxygens (including phenoxy) is 2.